The van der Waals surface area contributed by atoms with E-state index in [1.54, 1.807) is 13.8 Å². The molecule has 0 bridgehead atoms. The molecule has 0 radical (unpaired) electrons. The van der Waals surface area contributed by atoms with Gasteiger partial charge in [0.15, 0.2) is 0 Å². The fourth-order valence-corrected chi connectivity index (χ4v) is 7.74. The molecule has 0 fully saturated rings. The number of carbonyl (C=O) groups excluding carboxylic acids is 1. The number of nitrogens with zero attached hydrogens (tertiary/aromatic N) is 1. The molecule has 5 nitrogen and oxygen atoms in total. The number of fused-ring (bicyclic) bond motifs is 1. The molecule has 0 aliphatic carbocycles. The van der Waals surface area contributed by atoms with E-state index < -0.39 is 53.1 Å². The summed E-state index contributed by atoms with van der Waals surface area (Å²) in [6.45, 7) is 4.67. The summed E-state index contributed by atoms with van der Waals surface area (Å²) in [7, 11) is 0. The van der Waals surface area contributed by atoms with Gasteiger partial charge >= 0.3 is 12.1 Å². The Balaban J connectivity index is 1.69. The van der Waals surface area contributed by atoms with Crippen LogP contribution in [0.15, 0.2) is 82.6 Å². The molecular formula is C37H36F6N2O3S. The van der Waals surface area contributed by atoms with Gasteiger partial charge < -0.3 is 10.1 Å². The van der Waals surface area contributed by atoms with Gasteiger partial charge in [-0.2, -0.15) is 13.2 Å². The summed E-state index contributed by atoms with van der Waals surface area (Å²) in [4.78, 5) is 26.6. The van der Waals surface area contributed by atoms with Crippen molar-refractivity contribution in [2.45, 2.75) is 69.2 Å². The first kappa shape index (κ1) is 36.3. The standard InChI is InChI=1S/C37H36F6N2O3S/c1-4-48-31(46)17-10-18-44-33(23-11-6-5-7-12-23)30-21-49-35-26(20-27-28(37(41,42)43)15-9-16-29(27)38)22(2)32(34(47)45(30)35)24-13-8-14-25(19-24)36(3,39)40/h5-9,11-16,19,30,33,44H,4,10,17-18,20-21H2,1-3H3/t30-,33?/m0/s1. The maximum atomic E-state index is 15.2. The minimum absolute atomic E-state index is 0.0522. The van der Waals surface area contributed by atoms with Gasteiger partial charge in [-0.3, -0.25) is 14.2 Å². The molecule has 2 atom stereocenters. The van der Waals surface area contributed by atoms with E-state index in [9.17, 15) is 31.5 Å². The highest BCUT2D eigenvalue weighted by Crippen LogP contribution is 2.45. The van der Waals surface area contributed by atoms with E-state index in [1.165, 1.54) is 40.6 Å². The molecule has 1 aliphatic rings. The van der Waals surface area contributed by atoms with Crippen molar-refractivity contribution in [2.24, 2.45) is 0 Å². The molecule has 0 spiro atoms. The minimum atomic E-state index is -4.84. The number of hydrogen-bond acceptors (Lipinski definition) is 5. The van der Waals surface area contributed by atoms with Crippen molar-refractivity contribution in [3.05, 3.63) is 122 Å². The first-order valence-corrected chi connectivity index (χ1v) is 16.9. The van der Waals surface area contributed by atoms with Crippen LogP contribution in [-0.4, -0.2) is 29.4 Å². The fourth-order valence-electron chi connectivity index (χ4n) is 6.31. The maximum Gasteiger partial charge on any atom is 0.416 e. The van der Waals surface area contributed by atoms with Gasteiger partial charge in [-0.15, -0.1) is 11.8 Å². The Hall–Kier alpha value is -4.03. The van der Waals surface area contributed by atoms with Gasteiger partial charge in [-0.05, 0) is 67.3 Å². The number of thioether (sulfide) groups is 1. The minimum Gasteiger partial charge on any atom is -0.466 e. The summed E-state index contributed by atoms with van der Waals surface area (Å²) in [5.41, 5.74) is -0.878. The normalized spacial score (nSPS) is 15.2. The van der Waals surface area contributed by atoms with Crippen molar-refractivity contribution in [1.29, 1.82) is 0 Å². The van der Waals surface area contributed by atoms with Crippen molar-refractivity contribution >= 4 is 17.7 Å². The number of pyridine rings is 1. The molecule has 0 saturated carbocycles. The number of carbonyl (C=O) groups is 1. The molecule has 1 unspecified atom stereocenters. The summed E-state index contributed by atoms with van der Waals surface area (Å²) in [5, 5.41) is 3.85. The maximum absolute atomic E-state index is 15.2. The van der Waals surface area contributed by atoms with Gasteiger partial charge in [0.1, 0.15) is 5.82 Å². The molecule has 5 rings (SSSR count). The van der Waals surface area contributed by atoms with Crippen LogP contribution >= 0.6 is 11.8 Å². The fraction of sp³-hybridized carbons (Fsp3) is 0.351. The number of halogens is 6. The first-order valence-electron chi connectivity index (χ1n) is 15.9. The van der Waals surface area contributed by atoms with E-state index in [1.807, 2.05) is 30.3 Å². The summed E-state index contributed by atoms with van der Waals surface area (Å²) in [6.07, 6.45) is -4.71. The van der Waals surface area contributed by atoms with Gasteiger partial charge in [-0.1, -0.05) is 54.6 Å². The SMILES string of the molecule is CCOC(=O)CCCNC(c1ccccc1)[C@@H]1CSc2c(Cc3c(F)cccc3C(F)(F)F)c(C)c(-c3cccc(C(C)(F)F)c3)c(=O)n21. The molecule has 0 saturated heterocycles. The second-order valence-corrected chi connectivity index (χ2v) is 13.0. The third kappa shape index (κ3) is 7.91. The van der Waals surface area contributed by atoms with E-state index in [0.717, 1.165) is 30.7 Å². The lowest BCUT2D eigenvalue weighted by Gasteiger charge is -2.28. The Morgan fingerprint density at radius 3 is 2.41 bits per heavy atom. The smallest absolute Gasteiger partial charge is 0.416 e. The van der Waals surface area contributed by atoms with Crippen molar-refractivity contribution in [1.82, 2.24) is 9.88 Å². The van der Waals surface area contributed by atoms with Crippen LogP contribution in [0.2, 0.25) is 0 Å². The average Bonchev–Trinajstić information content (AvgIpc) is 3.48. The van der Waals surface area contributed by atoms with Crippen LogP contribution in [0.1, 0.15) is 72.2 Å². The zero-order chi connectivity index (χ0) is 35.5. The van der Waals surface area contributed by atoms with E-state index in [-0.39, 0.29) is 41.3 Å². The van der Waals surface area contributed by atoms with E-state index in [0.29, 0.717) is 29.3 Å². The summed E-state index contributed by atoms with van der Waals surface area (Å²) >= 11 is 1.28. The van der Waals surface area contributed by atoms with Crippen LogP contribution in [0, 0.1) is 12.7 Å². The third-order valence-electron chi connectivity index (χ3n) is 8.67. The lowest BCUT2D eigenvalue weighted by atomic mass is 9.91. The topological polar surface area (TPSA) is 60.3 Å². The van der Waals surface area contributed by atoms with Gasteiger partial charge in [0.05, 0.1) is 34.8 Å². The van der Waals surface area contributed by atoms with Crippen molar-refractivity contribution in [2.75, 3.05) is 18.9 Å². The first-order chi connectivity index (χ1) is 23.2. The molecular weight excluding hydrogens is 666 g/mol. The molecule has 0 amide bonds. The van der Waals surface area contributed by atoms with Crippen molar-refractivity contribution < 1.29 is 35.9 Å². The summed E-state index contributed by atoms with van der Waals surface area (Å²) in [6, 6.07) is 16.4. The van der Waals surface area contributed by atoms with E-state index in [4.69, 9.17) is 4.74 Å². The van der Waals surface area contributed by atoms with Crippen molar-refractivity contribution in [3.63, 3.8) is 0 Å². The Morgan fingerprint density at radius 2 is 1.73 bits per heavy atom. The molecule has 1 aromatic heterocycles. The van der Waals surface area contributed by atoms with Crippen LogP contribution in [0.4, 0.5) is 26.3 Å². The Morgan fingerprint density at radius 1 is 1.02 bits per heavy atom. The molecule has 4 aromatic rings. The Kier molecular flexibility index (Phi) is 11.0. The average molecular weight is 703 g/mol. The zero-order valence-corrected chi connectivity index (χ0v) is 28.0. The Labute approximate surface area is 284 Å². The summed E-state index contributed by atoms with van der Waals surface area (Å²) in [5.74, 6) is -4.27. The van der Waals surface area contributed by atoms with E-state index in [2.05, 4.69) is 5.32 Å². The second-order valence-electron chi connectivity index (χ2n) is 12.0. The summed E-state index contributed by atoms with van der Waals surface area (Å²) < 4.78 is 93.1. The number of rotatable bonds is 12. The number of benzene rings is 3. The molecule has 1 aliphatic heterocycles. The molecule has 49 heavy (non-hydrogen) atoms. The van der Waals surface area contributed by atoms with Crippen LogP contribution in [0.5, 0.6) is 0 Å². The van der Waals surface area contributed by atoms with Gasteiger partial charge in [0.2, 0.25) is 0 Å². The molecule has 260 valence electrons. The Bertz CT molecular complexity index is 1870. The molecule has 1 N–H and O–H groups in total. The van der Waals surface area contributed by atoms with Crippen LogP contribution in [0.3, 0.4) is 0 Å². The van der Waals surface area contributed by atoms with Gasteiger partial charge in [0, 0.05) is 36.6 Å². The number of aromatic nitrogens is 1. The highest BCUT2D eigenvalue weighted by Gasteiger charge is 2.38. The highest BCUT2D eigenvalue weighted by molar-refractivity contribution is 7.99. The number of esters is 1. The third-order valence-corrected chi connectivity index (χ3v) is 9.89. The van der Waals surface area contributed by atoms with Crippen LogP contribution in [0.25, 0.3) is 11.1 Å². The molecule has 2 heterocycles. The van der Waals surface area contributed by atoms with Gasteiger partial charge in [-0.25, -0.2) is 13.2 Å². The number of ether oxygens (including phenoxy) is 1. The quantitative estimate of drug-likeness (QED) is 0.0908. The number of nitrogens with one attached hydrogen (secondary N) is 1. The molecule has 3 aromatic carbocycles. The zero-order valence-electron chi connectivity index (χ0n) is 27.2. The lowest BCUT2D eigenvalue weighted by molar-refractivity contribution is -0.143. The predicted molar refractivity (Wildman–Crippen MR) is 177 cm³/mol. The van der Waals surface area contributed by atoms with E-state index >= 15 is 4.39 Å². The lowest BCUT2D eigenvalue weighted by Crippen LogP contribution is -2.36. The van der Waals surface area contributed by atoms with Gasteiger partial charge in [0.25, 0.3) is 11.5 Å². The highest BCUT2D eigenvalue weighted by atomic mass is 32.2. The van der Waals surface area contributed by atoms with Crippen molar-refractivity contribution in [3.8, 4) is 11.1 Å². The van der Waals surface area contributed by atoms with Crippen LogP contribution < -0.4 is 10.9 Å². The monoisotopic (exact) mass is 702 g/mol. The predicted octanol–water partition coefficient (Wildman–Crippen LogP) is 9.01. The second kappa shape index (κ2) is 14.8. The van der Waals surface area contributed by atoms with Crippen LogP contribution in [-0.2, 0) is 28.1 Å². The number of alkyl halides is 5. The largest absolute Gasteiger partial charge is 0.466 e. The number of hydrogen-bond donors (Lipinski definition) is 1. The molecule has 12 heteroatoms.